The number of piperazine rings is 1. The Morgan fingerprint density at radius 2 is 1.59 bits per heavy atom. The number of nitrogens with zero attached hydrogens (tertiary/aromatic N) is 4. The number of hydrogen-bond acceptors (Lipinski definition) is 5. The first-order valence-electron chi connectivity index (χ1n) is 11.3. The lowest BCUT2D eigenvalue weighted by molar-refractivity contribution is 0.143. The summed E-state index contributed by atoms with van der Waals surface area (Å²) < 4.78 is 27.7. The number of anilines is 1. The van der Waals surface area contributed by atoms with Crippen molar-refractivity contribution in [3.63, 3.8) is 0 Å². The van der Waals surface area contributed by atoms with Crippen molar-refractivity contribution in [2.75, 3.05) is 44.6 Å². The third-order valence-electron chi connectivity index (χ3n) is 6.10. The van der Waals surface area contributed by atoms with Gasteiger partial charge in [0.2, 0.25) is 10.0 Å². The number of hydrogen-bond donors (Lipinski definition) is 1. The molecule has 0 bridgehead atoms. The second-order valence-electron chi connectivity index (χ2n) is 8.39. The Morgan fingerprint density at radius 3 is 2.28 bits per heavy atom. The van der Waals surface area contributed by atoms with E-state index in [1.807, 2.05) is 12.1 Å². The molecule has 0 aliphatic carbocycles. The minimum atomic E-state index is -3.55. The number of carbonyl (C=O) groups excluding carboxylic acids is 1. The van der Waals surface area contributed by atoms with Gasteiger partial charge in [0.1, 0.15) is 0 Å². The van der Waals surface area contributed by atoms with Gasteiger partial charge < -0.3 is 10.2 Å². The monoisotopic (exact) mass is 457 g/mol. The summed E-state index contributed by atoms with van der Waals surface area (Å²) in [6.07, 6.45) is 7.50. The van der Waals surface area contributed by atoms with Crippen molar-refractivity contribution in [2.24, 2.45) is 0 Å². The maximum Gasteiger partial charge on any atom is 0.321 e. The van der Waals surface area contributed by atoms with E-state index >= 15 is 0 Å². The number of nitrogens with one attached hydrogen (secondary N) is 1. The van der Waals surface area contributed by atoms with Crippen LogP contribution >= 0.6 is 0 Å². The molecule has 0 saturated carbocycles. The lowest BCUT2D eigenvalue weighted by atomic mass is 10.2. The molecule has 2 aliphatic heterocycles. The number of aromatic nitrogens is 1. The molecule has 9 heteroatoms. The molecule has 2 aromatic rings. The van der Waals surface area contributed by atoms with E-state index < -0.39 is 10.0 Å². The largest absolute Gasteiger partial charge is 0.322 e. The fraction of sp³-hybridized carbons (Fsp3) is 0.478. The minimum Gasteiger partial charge on any atom is -0.322 e. The molecule has 1 aromatic heterocycles. The average Bonchev–Trinajstić information content (AvgIpc) is 3.11. The van der Waals surface area contributed by atoms with Gasteiger partial charge in [-0.2, -0.15) is 4.31 Å². The number of rotatable bonds is 5. The molecule has 2 amide bonds. The fourth-order valence-corrected chi connectivity index (χ4v) is 5.79. The van der Waals surface area contributed by atoms with E-state index in [0.29, 0.717) is 31.9 Å². The molecule has 1 N–H and O–H groups in total. The zero-order chi connectivity index (χ0) is 22.4. The normalized spacial score (nSPS) is 18.8. The summed E-state index contributed by atoms with van der Waals surface area (Å²) in [6.45, 7) is 4.80. The molecule has 172 valence electrons. The zero-order valence-electron chi connectivity index (χ0n) is 18.3. The molecule has 1 aromatic carbocycles. The second kappa shape index (κ2) is 10.4. The van der Waals surface area contributed by atoms with E-state index in [-0.39, 0.29) is 10.9 Å². The van der Waals surface area contributed by atoms with Gasteiger partial charge in [0, 0.05) is 63.9 Å². The van der Waals surface area contributed by atoms with Crippen LogP contribution in [0, 0.1) is 0 Å². The van der Waals surface area contributed by atoms with E-state index in [2.05, 4.69) is 15.2 Å². The third kappa shape index (κ3) is 5.65. The number of carbonyl (C=O) groups is 1. The maximum absolute atomic E-state index is 13.1. The van der Waals surface area contributed by atoms with Crippen LogP contribution in [0.4, 0.5) is 10.5 Å². The van der Waals surface area contributed by atoms with Gasteiger partial charge in [-0.05, 0) is 48.7 Å². The van der Waals surface area contributed by atoms with Crippen molar-refractivity contribution >= 4 is 21.7 Å². The van der Waals surface area contributed by atoms with Crippen LogP contribution in [0.25, 0.3) is 0 Å². The summed E-state index contributed by atoms with van der Waals surface area (Å²) in [6, 6.07) is 10.4. The highest BCUT2D eigenvalue weighted by Crippen LogP contribution is 2.23. The summed E-state index contributed by atoms with van der Waals surface area (Å²) in [5.41, 5.74) is 1.71. The highest BCUT2D eigenvalue weighted by molar-refractivity contribution is 7.89. The van der Waals surface area contributed by atoms with Crippen LogP contribution in [0.1, 0.15) is 31.2 Å². The van der Waals surface area contributed by atoms with Gasteiger partial charge in [0.25, 0.3) is 0 Å². The molecule has 2 aliphatic rings. The highest BCUT2D eigenvalue weighted by Gasteiger charge is 2.26. The Kier molecular flexibility index (Phi) is 7.39. The number of sulfonamides is 1. The van der Waals surface area contributed by atoms with Crippen molar-refractivity contribution in [1.82, 2.24) is 19.1 Å². The molecule has 8 nitrogen and oxygen atoms in total. The lowest BCUT2D eigenvalue weighted by Crippen LogP contribution is -2.49. The van der Waals surface area contributed by atoms with E-state index in [4.69, 9.17) is 0 Å². The SMILES string of the molecule is O=C(Nc1cccc(S(=O)(=O)N2CCCCCC2)c1)N1CCN(Cc2ccncc2)CC1. The predicted octanol–water partition coefficient (Wildman–Crippen LogP) is 3.00. The lowest BCUT2D eigenvalue weighted by Gasteiger charge is -2.34. The fourth-order valence-electron chi connectivity index (χ4n) is 4.22. The van der Waals surface area contributed by atoms with E-state index in [0.717, 1.165) is 45.3 Å². The number of urea groups is 1. The standard InChI is InChI=1S/C23H31N5O3S/c29-23(27-16-14-26(15-17-27)19-20-8-10-24-11-9-20)25-21-6-5-7-22(18-21)32(30,31)28-12-3-1-2-4-13-28/h5-11,18H,1-4,12-17,19H2,(H,25,29). The minimum absolute atomic E-state index is 0.196. The molecule has 32 heavy (non-hydrogen) atoms. The topological polar surface area (TPSA) is 85.8 Å². The van der Waals surface area contributed by atoms with E-state index in [1.54, 1.807) is 45.9 Å². The van der Waals surface area contributed by atoms with Crippen LogP contribution in [0.5, 0.6) is 0 Å². The van der Waals surface area contributed by atoms with Gasteiger partial charge in [0.05, 0.1) is 4.90 Å². The van der Waals surface area contributed by atoms with E-state index in [1.165, 1.54) is 5.56 Å². The molecule has 4 rings (SSSR count). The maximum atomic E-state index is 13.1. The Bertz CT molecular complexity index is 999. The molecule has 2 fully saturated rings. The average molecular weight is 458 g/mol. The van der Waals surface area contributed by atoms with Gasteiger partial charge in [-0.3, -0.25) is 9.88 Å². The van der Waals surface area contributed by atoms with Gasteiger partial charge in [-0.15, -0.1) is 0 Å². The van der Waals surface area contributed by atoms with Crippen molar-refractivity contribution in [2.45, 2.75) is 37.1 Å². The van der Waals surface area contributed by atoms with Crippen molar-refractivity contribution < 1.29 is 13.2 Å². The predicted molar refractivity (Wildman–Crippen MR) is 124 cm³/mol. The Balaban J connectivity index is 1.34. The molecule has 0 unspecified atom stereocenters. The van der Waals surface area contributed by atoms with Crippen LogP contribution in [-0.4, -0.2) is 72.8 Å². The molecule has 3 heterocycles. The quantitative estimate of drug-likeness (QED) is 0.746. The third-order valence-corrected chi connectivity index (χ3v) is 8.00. The van der Waals surface area contributed by atoms with Crippen LogP contribution in [0.3, 0.4) is 0 Å². The molecular weight excluding hydrogens is 426 g/mol. The van der Waals surface area contributed by atoms with Crippen LogP contribution in [0.2, 0.25) is 0 Å². The van der Waals surface area contributed by atoms with Gasteiger partial charge >= 0.3 is 6.03 Å². The van der Waals surface area contributed by atoms with Crippen LogP contribution < -0.4 is 5.32 Å². The first kappa shape index (κ1) is 22.7. The van der Waals surface area contributed by atoms with Crippen LogP contribution in [-0.2, 0) is 16.6 Å². The molecule has 0 radical (unpaired) electrons. The summed E-state index contributed by atoms with van der Waals surface area (Å²) in [7, 11) is -3.55. The molecule has 2 saturated heterocycles. The number of benzene rings is 1. The second-order valence-corrected chi connectivity index (χ2v) is 10.3. The Labute approximate surface area is 190 Å². The first-order valence-corrected chi connectivity index (χ1v) is 12.7. The van der Waals surface area contributed by atoms with Gasteiger partial charge in [-0.25, -0.2) is 13.2 Å². The van der Waals surface area contributed by atoms with Crippen molar-refractivity contribution in [3.8, 4) is 0 Å². The van der Waals surface area contributed by atoms with Crippen molar-refractivity contribution in [3.05, 3.63) is 54.4 Å². The number of pyridine rings is 1. The smallest absolute Gasteiger partial charge is 0.321 e. The van der Waals surface area contributed by atoms with Gasteiger partial charge in [-0.1, -0.05) is 18.9 Å². The Hall–Kier alpha value is -2.49. The molecule has 0 atom stereocenters. The highest BCUT2D eigenvalue weighted by atomic mass is 32.2. The first-order chi connectivity index (χ1) is 15.5. The molecular formula is C23H31N5O3S. The van der Waals surface area contributed by atoms with Crippen LogP contribution in [0.15, 0.2) is 53.7 Å². The zero-order valence-corrected chi connectivity index (χ0v) is 19.1. The summed E-state index contributed by atoms with van der Waals surface area (Å²) >= 11 is 0. The Morgan fingerprint density at radius 1 is 0.906 bits per heavy atom. The summed E-state index contributed by atoms with van der Waals surface area (Å²) in [5.74, 6) is 0. The summed E-state index contributed by atoms with van der Waals surface area (Å²) in [4.78, 5) is 21.1. The molecule has 0 spiro atoms. The van der Waals surface area contributed by atoms with Crippen molar-refractivity contribution in [1.29, 1.82) is 0 Å². The van der Waals surface area contributed by atoms with E-state index in [9.17, 15) is 13.2 Å². The summed E-state index contributed by atoms with van der Waals surface area (Å²) in [5, 5.41) is 2.88. The number of amides is 2. The van der Waals surface area contributed by atoms with Gasteiger partial charge in [0.15, 0.2) is 0 Å².